The van der Waals surface area contributed by atoms with Gasteiger partial charge in [0.2, 0.25) is 6.23 Å². The largest absolute Gasteiger partial charge is 0.481 e. The van der Waals surface area contributed by atoms with Crippen LogP contribution in [0.2, 0.25) is 0 Å². The van der Waals surface area contributed by atoms with Gasteiger partial charge in [-0.25, -0.2) is 18.5 Å². The molecule has 190 valence electrons. The van der Waals surface area contributed by atoms with E-state index in [0.29, 0.717) is 4.57 Å². The Labute approximate surface area is 201 Å². The normalized spacial score (nSPS) is 21.3. The molecule has 2 aromatic rings. The summed E-state index contributed by atoms with van der Waals surface area (Å²) in [6.07, 6.45) is -3.83. The molecule has 0 saturated carbocycles. The zero-order valence-corrected chi connectivity index (χ0v) is 19.9. The van der Waals surface area contributed by atoms with E-state index >= 15 is 8.78 Å². The first-order valence-corrected chi connectivity index (χ1v) is 11.5. The first-order chi connectivity index (χ1) is 16.5. The molecule has 0 amide bonds. The number of hydrogen-bond donors (Lipinski definition) is 3. The van der Waals surface area contributed by atoms with E-state index in [1.54, 1.807) is 44.2 Å². The van der Waals surface area contributed by atoms with Crippen molar-refractivity contribution in [3.8, 4) is 5.75 Å². The molecule has 3 rings (SSSR count). The number of rotatable bonds is 11. The van der Waals surface area contributed by atoms with Crippen molar-refractivity contribution in [1.29, 1.82) is 0 Å². The molecular weight excluding hydrogens is 487 g/mol. The van der Waals surface area contributed by atoms with E-state index < -0.39 is 56.8 Å². The smallest absolute Gasteiger partial charge is 0.351 e. The maximum Gasteiger partial charge on any atom is 0.351 e. The van der Waals surface area contributed by atoms with Crippen LogP contribution in [-0.2, 0) is 14.1 Å². The van der Waals surface area contributed by atoms with Crippen molar-refractivity contribution in [2.45, 2.75) is 56.8 Å². The number of alkyl halides is 2. The number of carbonyl (C=O) groups is 1. The molecule has 2 unspecified atom stereocenters. The molecule has 1 aromatic carbocycles. The van der Waals surface area contributed by atoms with Gasteiger partial charge in [-0.15, -0.1) is 0 Å². The molecule has 0 radical (unpaired) electrons. The van der Waals surface area contributed by atoms with Gasteiger partial charge in [-0.1, -0.05) is 18.2 Å². The van der Waals surface area contributed by atoms with Crippen molar-refractivity contribution in [2.75, 3.05) is 12.3 Å². The van der Waals surface area contributed by atoms with Crippen LogP contribution < -0.4 is 21.2 Å². The highest BCUT2D eigenvalue weighted by Crippen LogP contribution is 2.47. The average molecular weight is 513 g/mol. The van der Waals surface area contributed by atoms with E-state index in [1.165, 1.54) is 11.0 Å². The minimum absolute atomic E-state index is 0.141. The lowest BCUT2D eigenvalue weighted by atomic mass is 10.1. The third-order valence-electron chi connectivity index (χ3n) is 5.49. The Bertz CT molecular complexity index is 1110. The van der Waals surface area contributed by atoms with Crippen LogP contribution in [-0.4, -0.2) is 56.0 Å². The summed E-state index contributed by atoms with van der Waals surface area (Å²) in [5, 5.41) is 11.8. The highest BCUT2D eigenvalue weighted by atomic mass is 31.1. The molecule has 0 bridgehead atoms. The summed E-state index contributed by atoms with van der Waals surface area (Å²) in [6, 6.07) is 8.86. The quantitative estimate of drug-likeness (QED) is 0.302. The number of carboxylic acids is 1. The van der Waals surface area contributed by atoms with E-state index in [4.69, 9.17) is 15.2 Å². The minimum Gasteiger partial charge on any atom is -0.481 e. The van der Waals surface area contributed by atoms with Crippen LogP contribution >= 0.6 is 8.61 Å². The number of aliphatic carboxylic acids is 1. The maximum atomic E-state index is 15.3. The standard InChI is InChI=1S/C21H26F2N5O6P/c1-13(2)28(11-9-17(29)30)21(26-35-32,34-14-6-4-3-5-7-14)15-12-20(22,23)18(33-15)27-10-8-16(24)25-19(27)31/h3-8,10,13,15,18H,9,11-12H2,1-2H3,(H,26,32)(H,29,30)(H2,24,25,31)/t15-,18?,21?/m1/s1. The highest BCUT2D eigenvalue weighted by Gasteiger charge is 2.61. The summed E-state index contributed by atoms with van der Waals surface area (Å²) in [5.41, 5.74) is 4.44. The minimum atomic E-state index is -3.57. The van der Waals surface area contributed by atoms with E-state index in [-0.39, 0.29) is 24.5 Å². The fourth-order valence-electron chi connectivity index (χ4n) is 3.98. The predicted octanol–water partition coefficient (Wildman–Crippen LogP) is 2.46. The summed E-state index contributed by atoms with van der Waals surface area (Å²) in [7, 11) is -0.684. The van der Waals surface area contributed by atoms with Gasteiger partial charge in [-0.3, -0.25) is 13.9 Å². The fraction of sp³-hybridized carbons (Fsp3) is 0.476. The average Bonchev–Trinajstić information content (AvgIpc) is 3.09. The molecule has 1 fully saturated rings. The zero-order valence-electron chi connectivity index (χ0n) is 19.0. The van der Waals surface area contributed by atoms with Gasteiger partial charge in [-0.2, -0.15) is 10.1 Å². The highest BCUT2D eigenvalue weighted by molar-refractivity contribution is 7.21. The summed E-state index contributed by atoms with van der Waals surface area (Å²) < 4.78 is 55.0. The molecule has 4 N–H and O–H groups in total. The maximum absolute atomic E-state index is 15.3. The lowest BCUT2D eigenvalue weighted by Gasteiger charge is -2.47. The van der Waals surface area contributed by atoms with Crippen molar-refractivity contribution < 1.29 is 32.7 Å². The summed E-state index contributed by atoms with van der Waals surface area (Å²) in [5.74, 6) is -6.62. The van der Waals surface area contributed by atoms with Gasteiger partial charge in [-0.05, 0) is 32.0 Å². The predicted molar refractivity (Wildman–Crippen MR) is 121 cm³/mol. The number of halogens is 2. The summed E-state index contributed by atoms with van der Waals surface area (Å²) >= 11 is 0. The van der Waals surface area contributed by atoms with Crippen molar-refractivity contribution in [3.05, 3.63) is 53.1 Å². The molecule has 35 heavy (non-hydrogen) atoms. The van der Waals surface area contributed by atoms with Gasteiger partial charge in [0.25, 0.3) is 20.4 Å². The molecule has 0 aliphatic carbocycles. The van der Waals surface area contributed by atoms with Gasteiger partial charge in [0.1, 0.15) is 17.7 Å². The topological polar surface area (TPSA) is 149 Å². The van der Waals surface area contributed by atoms with Crippen molar-refractivity contribution >= 4 is 20.4 Å². The molecule has 3 atom stereocenters. The number of benzene rings is 1. The van der Waals surface area contributed by atoms with E-state index in [2.05, 4.69) is 10.1 Å². The van der Waals surface area contributed by atoms with Crippen molar-refractivity contribution in [3.63, 3.8) is 0 Å². The third kappa shape index (κ3) is 5.81. The van der Waals surface area contributed by atoms with Gasteiger partial charge in [0.15, 0.2) is 0 Å². The lowest BCUT2D eigenvalue weighted by Crippen LogP contribution is -2.69. The molecular formula is C21H26F2N5O6P. The van der Waals surface area contributed by atoms with Crippen LogP contribution in [0.1, 0.15) is 32.9 Å². The second-order valence-corrected chi connectivity index (χ2v) is 8.64. The molecule has 1 aliphatic heterocycles. The SMILES string of the molecule is CC(C)N(CCC(=O)O)C(NP=O)(Oc1ccccc1)[C@H]1CC(F)(F)C(n2ccc(N)nc2=O)O1. The van der Waals surface area contributed by atoms with E-state index in [0.717, 1.165) is 6.20 Å². The number of nitrogens with zero attached hydrogens (tertiary/aromatic N) is 3. The Morgan fingerprint density at radius 2 is 2.11 bits per heavy atom. The molecule has 2 heterocycles. The fourth-order valence-corrected chi connectivity index (χ4v) is 4.43. The first-order valence-electron chi connectivity index (χ1n) is 10.7. The summed E-state index contributed by atoms with van der Waals surface area (Å²) in [6.45, 7) is 3.25. The van der Waals surface area contributed by atoms with Crippen molar-refractivity contribution in [1.82, 2.24) is 19.5 Å². The van der Waals surface area contributed by atoms with Gasteiger partial charge in [0, 0.05) is 25.2 Å². The Morgan fingerprint density at radius 1 is 1.43 bits per heavy atom. The number of ether oxygens (including phenoxy) is 2. The van der Waals surface area contributed by atoms with E-state index in [9.17, 15) is 19.3 Å². The van der Waals surface area contributed by atoms with Crippen LogP contribution in [0.5, 0.6) is 5.75 Å². The Hall–Kier alpha value is -2.99. The molecule has 0 spiro atoms. The number of hydrogen-bond acceptors (Lipinski definition) is 8. The molecule has 1 saturated heterocycles. The number of nitrogens with one attached hydrogen (secondary N) is 1. The van der Waals surface area contributed by atoms with Gasteiger partial charge in [0.05, 0.1) is 6.42 Å². The second kappa shape index (κ2) is 10.7. The number of para-hydroxylation sites is 1. The molecule has 1 aromatic heterocycles. The Kier molecular flexibility index (Phi) is 8.16. The number of nitrogen functional groups attached to an aromatic ring is 1. The Balaban J connectivity index is 2.11. The van der Waals surface area contributed by atoms with Crippen LogP contribution in [0.4, 0.5) is 14.6 Å². The monoisotopic (exact) mass is 513 g/mol. The van der Waals surface area contributed by atoms with E-state index in [1.807, 2.05) is 0 Å². The molecule has 11 nitrogen and oxygen atoms in total. The van der Waals surface area contributed by atoms with Crippen LogP contribution in [0.3, 0.4) is 0 Å². The Morgan fingerprint density at radius 3 is 2.69 bits per heavy atom. The lowest BCUT2D eigenvalue weighted by molar-refractivity contribution is -0.204. The number of anilines is 1. The van der Waals surface area contributed by atoms with Crippen LogP contribution in [0, 0.1) is 0 Å². The molecule has 14 heteroatoms. The third-order valence-corrected chi connectivity index (χ3v) is 5.90. The van der Waals surface area contributed by atoms with Gasteiger partial charge >= 0.3 is 11.7 Å². The molecule has 1 aliphatic rings. The number of carboxylic acid groups (broad SMARTS) is 1. The number of aromatic nitrogens is 2. The summed E-state index contributed by atoms with van der Waals surface area (Å²) in [4.78, 5) is 28.6. The number of nitrogens with two attached hydrogens (primary N) is 1. The van der Waals surface area contributed by atoms with Crippen molar-refractivity contribution in [2.24, 2.45) is 0 Å². The first kappa shape index (κ1) is 26.6. The zero-order chi connectivity index (χ0) is 25.8. The second-order valence-electron chi connectivity index (χ2n) is 8.23. The van der Waals surface area contributed by atoms with Crippen LogP contribution in [0.15, 0.2) is 47.4 Å². The van der Waals surface area contributed by atoms with Gasteiger partial charge < -0.3 is 20.3 Å². The van der Waals surface area contributed by atoms with Crippen LogP contribution in [0.25, 0.3) is 0 Å².